The van der Waals surface area contributed by atoms with Crippen LogP contribution < -0.4 is 0 Å². The Bertz CT molecular complexity index is 567. The number of H-pyrrole nitrogens is 1. The monoisotopic (exact) mass is 231 g/mol. The van der Waals surface area contributed by atoms with Gasteiger partial charge in [-0.15, -0.1) is 0 Å². The van der Waals surface area contributed by atoms with Crippen LogP contribution in [-0.4, -0.2) is 18.1 Å². The highest BCUT2D eigenvalue weighted by Gasteiger charge is 2.30. The van der Waals surface area contributed by atoms with Crippen molar-refractivity contribution in [1.82, 2.24) is 4.98 Å². The predicted molar refractivity (Wildman–Crippen MR) is 68.1 cm³/mol. The molecule has 17 heavy (non-hydrogen) atoms. The van der Waals surface area contributed by atoms with E-state index in [0.29, 0.717) is 0 Å². The van der Waals surface area contributed by atoms with Crippen LogP contribution in [0.25, 0.3) is 10.9 Å². The number of benzene rings is 1. The Kier molecular flexibility index (Phi) is 2.69. The number of aromatic amines is 1. The average Bonchev–Trinajstić information content (AvgIpc) is 2.66. The molecule has 0 bridgehead atoms. The van der Waals surface area contributed by atoms with Crippen LogP contribution in [0.15, 0.2) is 24.3 Å². The van der Waals surface area contributed by atoms with Gasteiger partial charge in [-0.05, 0) is 49.9 Å². The molecule has 3 nitrogen and oxygen atoms in total. The van der Waals surface area contributed by atoms with E-state index in [4.69, 9.17) is 4.74 Å². The number of carbonyl (C=O) groups is 1. The van der Waals surface area contributed by atoms with Crippen LogP contribution in [0.3, 0.4) is 0 Å². The number of aromatic nitrogens is 1. The fourth-order valence-corrected chi connectivity index (χ4v) is 2.04. The number of nitrogens with one attached hydrogen (secondary N) is 1. The van der Waals surface area contributed by atoms with Crippen LogP contribution in [0.1, 0.15) is 25.1 Å². The molecule has 0 aliphatic heterocycles. The Morgan fingerprint density at radius 3 is 2.65 bits per heavy atom. The second-order valence-corrected chi connectivity index (χ2v) is 4.87. The molecular formula is C14H17NO2. The third-order valence-electron chi connectivity index (χ3n) is 3.17. The lowest BCUT2D eigenvalue weighted by molar-refractivity contribution is -0.146. The number of hydrogen-bond acceptors (Lipinski definition) is 2. The van der Waals surface area contributed by atoms with E-state index < -0.39 is 5.41 Å². The van der Waals surface area contributed by atoms with E-state index in [2.05, 4.69) is 11.1 Å². The van der Waals surface area contributed by atoms with E-state index in [1.54, 1.807) is 0 Å². The molecule has 0 unspecified atom stereocenters. The van der Waals surface area contributed by atoms with Gasteiger partial charge in [0, 0.05) is 11.2 Å². The maximum Gasteiger partial charge on any atom is 0.315 e. The van der Waals surface area contributed by atoms with Crippen molar-refractivity contribution in [2.75, 3.05) is 7.11 Å². The summed E-state index contributed by atoms with van der Waals surface area (Å²) in [6.07, 6.45) is 0. The fraction of sp³-hybridized carbons (Fsp3) is 0.357. The first-order chi connectivity index (χ1) is 7.95. The molecule has 0 fully saturated rings. The normalized spacial score (nSPS) is 11.8. The van der Waals surface area contributed by atoms with Crippen molar-refractivity contribution in [3.8, 4) is 0 Å². The Hall–Kier alpha value is -1.77. The first-order valence-electron chi connectivity index (χ1n) is 5.63. The molecule has 1 N–H and O–H groups in total. The van der Waals surface area contributed by atoms with E-state index in [-0.39, 0.29) is 5.97 Å². The van der Waals surface area contributed by atoms with Crippen LogP contribution in [0, 0.1) is 6.92 Å². The van der Waals surface area contributed by atoms with Gasteiger partial charge in [0.1, 0.15) is 0 Å². The van der Waals surface area contributed by atoms with Crippen LogP contribution in [0.5, 0.6) is 0 Å². The zero-order valence-electron chi connectivity index (χ0n) is 10.6. The number of hydrogen-bond donors (Lipinski definition) is 1. The lowest BCUT2D eigenvalue weighted by atomic mass is 9.84. The molecule has 90 valence electrons. The van der Waals surface area contributed by atoms with Gasteiger partial charge in [0.15, 0.2) is 0 Å². The van der Waals surface area contributed by atoms with Gasteiger partial charge >= 0.3 is 5.97 Å². The minimum Gasteiger partial charge on any atom is -0.468 e. The highest BCUT2D eigenvalue weighted by atomic mass is 16.5. The fourth-order valence-electron chi connectivity index (χ4n) is 2.04. The first-order valence-corrected chi connectivity index (χ1v) is 5.63. The molecule has 0 aliphatic carbocycles. The smallest absolute Gasteiger partial charge is 0.315 e. The molecule has 0 atom stereocenters. The topological polar surface area (TPSA) is 42.1 Å². The minimum absolute atomic E-state index is 0.218. The number of methoxy groups -OCH3 is 1. The lowest BCUT2D eigenvalue weighted by Crippen LogP contribution is -2.30. The Morgan fingerprint density at radius 1 is 1.29 bits per heavy atom. The largest absolute Gasteiger partial charge is 0.468 e. The van der Waals surface area contributed by atoms with Crippen LogP contribution in [-0.2, 0) is 14.9 Å². The molecule has 2 rings (SSSR count). The number of aryl methyl sites for hydroxylation is 1. The van der Waals surface area contributed by atoms with Crippen molar-refractivity contribution >= 4 is 16.9 Å². The van der Waals surface area contributed by atoms with Gasteiger partial charge in [-0.2, -0.15) is 0 Å². The standard InChI is InChI=1S/C14H17NO2/c1-9-7-10-8-11(5-6-12(10)15-9)14(2,3)13(16)17-4/h5-8,15H,1-4H3. The molecule has 0 aliphatic rings. The number of rotatable bonds is 2. The molecule has 3 heteroatoms. The molecule has 0 spiro atoms. The zero-order valence-corrected chi connectivity index (χ0v) is 10.6. The van der Waals surface area contributed by atoms with E-state index >= 15 is 0 Å². The lowest BCUT2D eigenvalue weighted by Gasteiger charge is -2.21. The summed E-state index contributed by atoms with van der Waals surface area (Å²) < 4.78 is 4.84. The minimum atomic E-state index is -0.617. The summed E-state index contributed by atoms with van der Waals surface area (Å²) in [7, 11) is 1.42. The third-order valence-corrected chi connectivity index (χ3v) is 3.17. The van der Waals surface area contributed by atoms with Gasteiger partial charge in [-0.1, -0.05) is 6.07 Å². The van der Waals surface area contributed by atoms with Gasteiger partial charge in [0.2, 0.25) is 0 Å². The van der Waals surface area contributed by atoms with Gasteiger partial charge in [0.25, 0.3) is 0 Å². The Labute approximate surface area is 101 Å². The van der Waals surface area contributed by atoms with E-state index in [0.717, 1.165) is 22.2 Å². The SMILES string of the molecule is COC(=O)C(C)(C)c1ccc2[nH]c(C)cc2c1. The van der Waals surface area contributed by atoms with Crippen LogP contribution in [0.2, 0.25) is 0 Å². The predicted octanol–water partition coefficient (Wildman–Crippen LogP) is 2.93. The van der Waals surface area contributed by atoms with E-state index in [1.807, 2.05) is 39.0 Å². The summed E-state index contributed by atoms with van der Waals surface area (Å²) in [6.45, 7) is 5.77. The number of esters is 1. The van der Waals surface area contributed by atoms with Gasteiger partial charge < -0.3 is 9.72 Å². The number of ether oxygens (including phenoxy) is 1. The molecule has 1 aromatic heterocycles. The summed E-state index contributed by atoms with van der Waals surface area (Å²) in [5.41, 5.74) is 2.56. The summed E-state index contributed by atoms with van der Waals surface area (Å²) >= 11 is 0. The molecule has 0 amide bonds. The second kappa shape index (κ2) is 3.91. The maximum atomic E-state index is 11.7. The summed E-state index contributed by atoms with van der Waals surface area (Å²) in [6, 6.07) is 8.08. The highest BCUT2D eigenvalue weighted by molar-refractivity contribution is 5.86. The summed E-state index contributed by atoms with van der Waals surface area (Å²) in [5.74, 6) is -0.218. The molecule has 0 saturated carbocycles. The average molecular weight is 231 g/mol. The van der Waals surface area contributed by atoms with Crippen molar-refractivity contribution < 1.29 is 9.53 Å². The van der Waals surface area contributed by atoms with Crippen molar-refractivity contribution in [2.24, 2.45) is 0 Å². The van der Waals surface area contributed by atoms with Gasteiger partial charge in [0.05, 0.1) is 12.5 Å². The summed E-state index contributed by atoms with van der Waals surface area (Å²) in [4.78, 5) is 15.0. The quantitative estimate of drug-likeness (QED) is 0.807. The van der Waals surface area contributed by atoms with E-state index in [9.17, 15) is 4.79 Å². The molecule has 0 saturated heterocycles. The second-order valence-electron chi connectivity index (χ2n) is 4.87. The Balaban J connectivity index is 2.52. The van der Waals surface area contributed by atoms with Crippen LogP contribution >= 0.6 is 0 Å². The Morgan fingerprint density at radius 2 is 2.00 bits per heavy atom. The third kappa shape index (κ3) is 1.93. The van der Waals surface area contributed by atoms with E-state index in [1.165, 1.54) is 7.11 Å². The van der Waals surface area contributed by atoms with Crippen molar-refractivity contribution in [3.63, 3.8) is 0 Å². The molecule has 1 aromatic carbocycles. The summed E-state index contributed by atoms with van der Waals surface area (Å²) in [5, 5.41) is 1.12. The molecular weight excluding hydrogens is 214 g/mol. The molecule has 2 aromatic rings. The molecule has 1 heterocycles. The zero-order chi connectivity index (χ0) is 12.6. The van der Waals surface area contributed by atoms with Gasteiger partial charge in [-0.25, -0.2) is 0 Å². The van der Waals surface area contributed by atoms with Gasteiger partial charge in [-0.3, -0.25) is 4.79 Å². The van der Waals surface area contributed by atoms with Crippen LogP contribution in [0.4, 0.5) is 0 Å². The highest BCUT2D eigenvalue weighted by Crippen LogP contribution is 2.28. The van der Waals surface area contributed by atoms with Crippen molar-refractivity contribution in [3.05, 3.63) is 35.5 Å². The molecule has 0 radical (unpaired) electrons. The number of carbonyl (C=O) groups excluding carboxylic acids is 1. The number of fused-ring (bicyclic) bond motifs is 1. The maximum absolute atomic E-state index is 11.7. The van der Waals surface area contributed by atoms with Crippen molar-refractivity contribution in [2.45, 2.75) is 26.2 Å². The first kappa shape index (κ1) is 11.7. The van der Waals surface area contributed by atoms with Crippen molar-refractivity contribution in [1.29, 1.82) is 0 Å².